The Morgan fingerprint density at radius 1 is 1.20 bits per heavy atom. The first kappa shape index (κ1) is 25.8. The van der Waals surface area contributed by atoms with Gasteiger partial charge in [0.15, 0.2) is 14.9 Å². The van der Waals surface area contributed by atoms with Gasteiger partial charge in [0.05, 0.1) is 5.56 Å². The van der Waals surface area contributed by atoms with Crippen molar-refractivity contribution in [2.75, 3.05) is 18.1 Å². The van der Waals surface area contributed by atoms with E-state index in [1.54, 1.807) is 29.8 Å². The molecule has 3 saturated carbocycles. The first-order valence-electron chi connectivity index (χ1n) is 14.0. The van der Waals surface area contributed by atoms with Crippen LogP contribution in [0.4, 0.5) is 11.8 Å². The Morgan fingerprint density at radius 3 is 2.75 bits per heavy atom. The summed E-state index contributed by atoms with van der Waals surface area (Å²) < 4.78 is 25.9. The molecule has 3 aromatic rings. The Bertz CT molecular complexity index is 1620. The topological polar surface area (TPSA) is 136 Å². The minimum Gasteiger partial charge on any atom is -0.352 e. The van der Waals surface area contributed by atoms with Gasteiger partial charge in [0.1, 0.15) is 17.9 Å². The van der Waals surface area contributed by atoms with Crippen molar-refractivity contribution in [3.8, 4) is 0 Å². The number of aromatic nitrogens is 4. The average molecular weight is 581 g/mol. The van der Waals surface area contributed by atoms with Gasteiger partial charge in [0.2, 0.25) is 5.95 Å². The fraction of sp³-hybridized carbons (Fsp3) is 0.536. The molecule has 10 nitrogen and oxygen atoms in total. The van der Waals surface area contributed by atoms with Gasteiger partial charge in [-0.15, -0.1) is 21.5 Å². The van der Waals surface area contributed by atoms with Crippen LogP contribution >= 0.6 is 11.3 Å². The van der Waals surface area contributed by atoms with Gasteiger partial charge < -0.3 is 10.6 Å². The van der Waals surface area contributed by atoms with Crippen LogP contribution in [0.1, 0.15) is 70.2 Å². The lowest BCUT2D eigenvalue weighted by atomic mass is 9.89. The number of hydrogen-bond acceptors (Lipinski definition) is 9. The second-order valence-electron chi connectivity index (χ2n) is 11.9. The summed E-state index contributed by atoms with van der Waals surface area (Å²) in [6.45, 7) is 0.686. The minimum absolute atomic E-state index is 0.00519. The summed E-state index contributed by atoms with van der Waals surface area (Å²) in [5, 5.41) is 14.6. The van der Waals surface area contributed by atoms with E-state index < -0.39 is 9.84 Å². The quantitative estimate of drug-likeness (QED) is 0.371. The number of nitrogens with one attached hydrogen (secondary N) is 2. The van der Waals surface area contributed by atoms with E-state index >= 15 is 0 Å². The van der Waals surface area contributed by atoms with Crippen LogP contribution in [0, 0.1) is 17.3 Å². The molecule has 7 rings (SSSR count). The molecule has 2 N–H and O–H groups in total. The van der Waals surface area contributed by atoms with Crippen molar-refractivity contribution in [1.29, 1.82) is 0 Å². The van der Waals surface area contributed by atoms with Crippen molar-refractivity contribution >= 4 is 44.6 Å². The van der Waals surface area contributed by atoms with E-state index in [9.17, 15) is 18.0 Å². The lowest BCUT2D eigenvalue weighted by Crippen LogP contribution is -2.28. The predicted octanol–water partition coefficient (Wildman–Crippen LogP) is 3.66. The second kappa shape index (κ2) is 9.47. The summed E-state index contributed by atoms with van der Waals surface area (Å²) in [4.78, 5) is 33.0. The lowest BCUT2D eigenvalue weighted by molar-refractivity contribution is -0.119. The zero-order valence-electron chi connectivity index (χ0n) is 22.4. The summed E-state index contributed by atoms with van der Waals surface area (Å²) in [5.74, 6) is 1.80. The fourth-order valence-corrected chi connectivity index (χ4v) is 8.05. The van der Waals surface area contributed by atoms with Crippen LogP contribution in [0.3, 0.4) is 0 Å². The molecular weight excluding hydrogens is 548 g/mol. The molecule has 1 spiro atoms. The zero-order valence-corrected chi connectivity index (χ0v) is 24.0. The Morgan fingerprint density at radius 2 is 2.02 bits per heavy atom. The number of amides is 1. The predicted molar refractivity (Wildman–Crippen MR) is 150 cm³/mol. The Labute approximate surface area is 236 Å². The lowest BCUT2D eigenvalue weighted by Gasteiger charge is -2.25. The van der Waals surface area contributed by atoms with Crippen LogP contribution in [0.25, 0.3) is 0 Å². The van der Waals surface area contributed by atoms with Gasteiger partial charge in [-0.3, -0.25) is 14.2 Å². The number of rotatable bonds is 10. The normalized spacial score (nSPS) is 22.5. The molecule has 210 valence electrons. The van der Waals surface area contributed by atoms with Crippen molar-refractivity contribution in [1.82, 2.24) is 25.1 Å². The van der Waals surface area contributed by atoms with Crippen molar-refractivity contribution in [2.24, 2.45) is 17.3 Å². The van der Waals surface area contributed by atoms with Crippen LogP contribution in [0.15, 0.2) is 29.6 Å². The van der Waals surface area contributed by atoms with Crippen LogP contribution in [0.2, 0.25) is 0 Å². The molecule has 0 saturated heterocycles. The minimum atomic E-state index is -3.45. The second-order valence-corrected chi connectivity index (χ2v) is 15.1. The molecule has 3 fully saturated rings. The zero-order chi connectivity index (χ0) is 27.6. The highest BCUT2D eigenvalue weighted by Gasteiger charge is 2.65. The molecule has 3 heterocycles. The van der Waals surface area contributed by atoms with Crippen LogP contribution in [0.5, 0.6) is 0 Å². The maximum atomic E-state index is 13.5. The van der Waals surface area contributed by atoms with E-state index in [-0.39, 0.29) is 28.7 Å². The number of fused-ring (bicyclic) bond motifs is 1. The number of carbonyl (C=O) groups excluding carboxylic acids is 2. The molecule has 4 aliphatic rings. The molecule has 0 aromatic carbocycles. The van der Waals surface area contributed by atoms with Crippen molar-refractivity contribution < 1.29 is 18.0 Å². The smallest absolute Gasteiger partial charge is 0.252 e. The van der Waals surface area contributed by atoms with E-state index in [4.69, 9.17) is 0 Å². The number of nitrogens with zero attached hydrogens (tertiary/aromatic N) is 4. The number of carbonyl (C=O) groups is 2. The maximum absolute atomic E-state index is 13.5. The largest absolute Gasteiger partial charge is 0.352 e. The van der Waals surface area contributed by atoms with E-state index in [2.05, 4.69) is 25.8 Å². The highest BCUT2D eigenvalue weighted by atomic mass is 32.2. The molecule has 40 heavy (non-hydrogen) atoms. The third-order valence-electron chi connectivity index (χ3n) is 8.90. The number of anilines is 2. The van der Waals surface area contributed by atoms with Crippen molar-refractivity contribution in [3.05, 3.63) is 45.4 Å². The van der Waals surface area contributed by atoms with Gasteiger partial charge in [-0.2, -0.15) is 0 Å². The van der Waals surface area contributed by atoms with E-state index in [0.29, 0.717) is 48.0 Å². The van der Waals surface area contributed by atoms with Gasteiger partial charge in [0.25, 0.3) is 5.91 Å². The average Bonchev–Trinajstić information content (AvgIpc) is 3.88. The third kappa shape index (κ3) is 4.96. The number of ketones is 1. The summed E-state index contributed by atoms with van der Waals surface area (Å²) >= 11 is 1.64. The highest BCUT2D eigenvalue weighted by Crippen LogP contribution is 2.71. The Hall–Kier alpha value is -3.12. The van der Waals surface area contributed by atoms with Crippen LogP contribution in [-0.2, 0) is 33.9 Å². The van der Waals surface area contributed by atoms with Crippen molar-refractivity contribution in [2.45, 2.75) is 68.9 Å². The maximum Gasteiger partial charge on any atom is 0.252 e. The monoisotopic (exact) mass is 580 g/mol. The molecule has 0 bridgehead atoms. The molecule has 0 aliphatic heterocycles. The molecule has 12 heteroatoms. The van der Waals surface area contributed by atoms with Crippen LogP contribution in [-0.4, -0.2) is 52.7 Å². The van der Waals surface area contributed by atoms with E-state index in [1.807, 2.05) is 4.57 Å². The number of sulfone groups is 1. The molecule has 2 atom stereocenters. The number of aryl methyl sites for hydroxylation is 1. The van der Waals surface area contributed by atoms with Gasteiger partial charge in [-0.25, -0.2) is 13.4 Å². The molecule has 4 aliphatic carbocycles. The Kier molecular flexibility index (Phi) is 6.12. The third-order valence-corrected chi connectivity index (χ3v) is 11.2. The highest BCUT2D eigenvalue weighted by molar-refractivity contribution is 7.90. The van der Waals surface area contributed by atoms with E-state index in [0.717, 1.165) is 48.8 Å². The SMILES string of the molecule is CS(=O)(=O)c1cccc(Nc2nncn2[C@H]2CCc3sc(CC(=O)[C@H]4CC45CC5)c(C(=O)NCC4CC4)c3C2)n1. The standard InChI is InChI=1S/C28H32N6O4S2/c1-40(37,38)24-4-2-3-23(31-24)32-27-33-30-15-34(27)17-7-8-21-18(11-17)25(26(36)29-14-16-5-6-16)22(39-21)12-20(35)19-13-28(19)9-10-28/h2-4,15-17,19H,5-14H2,1H3,(H,29,36)(H,31,32,33)/t17-,19+/m0/s1. The summed E-state index contributed by atoms with van der Waals surface area (Å²) in [7, 11) is -3.45. The molecule has 0 unspecified atom stereocenters. The van der Waals surface area contributed by atoms with E-state index in [1.165, 1.54) is 23.8 Å². The summed E-state index contributed by atoms with van der Waals surface area (Å²) in [6, 6.07) is 4.76. The van der Waals surface area contributed by atoms with Gasteiger partial charge in [0, 0.05) is 40.9 Å². The number of pyridine rings is 1. The summed E-state index contributed by atoms with van der Waals surface area (Å²) in [5.41, 5.74) is 2.04. The first-order valence-corrected chi connectivity index (χ1v) is 16.7. The number of thiophene rings is 1. The molecule has 0 radical (unpaired) electrons. The van der Waals surface area contributed by atoms with Gasteiger partial charge in [-0.05, 0) is 80.4 Å². The van der Waals surface area contributed by atoms with Crippen LogP contribution < -0.4 is 10.6 Å². The fourth-order valence-electron chi connectivity index (χ4n) is 6.10. The first-order chi connectivity index (χ1) is 19.2. The van der Waals surface area contributed by atoms with Crippen molar-refractivity contribution in [3.63, 3.8) is 0 Å². The Balaban J connectivity index is 1.14. The molecular formula is C28H32N6O4S2. The molecule has 3 aromatic heterocycles. The molecule has 1 amide bonds. The van der Waals surface area contributed by atoms with Gasteiger partial charge >= 0.3 is 0 Å². The number of Topliss-reactive ketones (excluding diaryl/α,β-unsaturated/α-hetero) is 1. The van der Waals surface area contributed by atoms with Gasteiger partial charge in [-0.1, -0.05) is 6.07 Å². The number of hydrogen-bond donors (Lipinski definition) is 2. The summed E-state index contributed by atoms with van der Waals surface area (Å²) in [6.07, 6.45) is 11.1.